The molecular weight excluding hydrogens is 228 g/mol. The molecule has 0 radical (unpaired) electrons. The summed E-state index contributed by atoms with van der Waals surface area (Å²) in [5.41, 5.74) is -0.0220. The van der Waals surface area contributed by atoms with E-state index in [-0.39, 0.29) is 12.1 Å². The molecule has 2 aliphatic rings. The van der Waals surface area contributed by atoms with Crippen molar-refractivity contribution >= 4 is 0 Å². The van der Waals surface area contributed by atoms with Crippen LogP contribution in [0.15, 0.2) is 0 Å². The van der Waals surface area contributed by atoms with Gasteiger partial charge in [-0.2, -0.15) is 0 Å². The third-order valence-electron chi connectivity index (χ3n) is 4.66. The Morgan fingerprint density at radius 1 is 1.44 bits per heavy atom. The molecule has 1 aliphatic heterocycles. The predicted molar refractivity (Wildman–Crippen MR) is 72.7 cm³/mol. The van der Waals surface area contributed by atoms with Crippen LogP contribution in [0.4, 0.5) is 0 Å². The number of ether oxygens (including phenoxy) is 1. The molecule has 18 heavy (non-hydrogen) atoms. The SMILES string of the molecule is CCCNC1(CO)CCC(N2CCC(OC)C2)C1. The highest BCUT2D eigenvalue weighted by Gasteiger charge is 2.41. The van der Waals surface area contributed by atoms with Crippen molar-refractivity contribution in [2.45, 2.75) is 56.7 Å². The van der Waals surface area contributed by atoms with Crippen molar-refractivity contribution in [3.63, 3.8) is 0 Å². The lowest BCUT2D eigenvalue weighted by atomic mass is 9.98. The van der Waals surface area contributed by atoms with Crippen LogP contribution in [-0.4, -0.2) is 61.0 Å². The van der Waals surface area contributed by atoms with E-state index in [0.717, 1.165) is 45.3 Å². The summed E-state index contributed by atoms with van der Waals surface area (Å²) in [5.74, 6) is 0. The Morgan fingerprint density at radius 3 is 2.89 bits per heavy atom. The molecule has 106 valence electrons. The number of rotatable bonds is 6. The van der Waals surface area contributed by atoms with Crippen molar-refractivity contribution < 1.29 is 9.84 Å². The first-order valence-electron chi connectivity index (χ1n) is 7.36. The monoisotopic (exact) mass is 256 g/mol. The fourth-order valence-corrected chi connectivity index (χ4v) is 3.44. The molecule has 3 atom stereocenters. The van der Waals surface area contributed by atoms with Gasteiger partial charge in [-0.05, 0) is 38.6 Å². The average Bonchev–Trinajstić information content (AvgIpc) is 3.03. The van der Waals surface area contributed by atoms with Gasteiger partial charge in [0.25, 0.3) is 0 Å². The summed E-state index contributed by atoms with van der Waals surface area (Å²) in [7, 11) is 1.81. The Morgan fingerprint density at radius 2 is 2.28 bits per heavy atom. The minimum Gasteiger partial charge on any atom is -0.394 e. The first-order valence-corrected chi connectivity index (χ1v) is 7.36. The summed E-state index contributed by atoms with van der Waals surface area (Å²) < 4.78 is 5.44. The van der Waals surface area contributed by atoms with E-state index in [9.17, 15) is 5.11 Å². The van der Waals surface area contributed by atoms with Gasteiger partial charge in [0.05, 0.1) is 12.7 Å². The molecule has 0 aromatic rings. The van der Waals surface area contributed by atoms with E-state index >= 15 is 0 Å². The van der Waals surface area contributed by atoms with Gasteiger partial charge in [0.1, 0.15) is 0 Å². The van der Waals surface area contributed by atoms with Gasteiger partial charge >= 0.3 is 0 Å². The van der Waals surface area contributed by atoms with Crippen LogP contribution in [0.2, 0.25) is 0 Å². The zero-order valence-electron chi connectivity index (χ0n) is 11.8. The minimum atomic E-state index is -0.0220. The molecule has 2 fully saturated rings. The summed E-state index contributed by atoms with van der Waals surface area (Å²) in [6.45, 7) is 5.67. The van der Waals surface area contributed by atoms with Crippen LogP contribution < -0.4 is 5.32 Å². The van der Waals surface area contributed by atoms with Crippen LogP contribution in [0.1, 0.15) is 39.0 Å². The third kappa shape index (κ3) is 3.05. The fraction of sp³-hybridized carbons (Fsp3) is 1.00. The normalized spacial score (nSPS) is 37.5. The first-order chi connectivity index (χ1) is 8.73. The zero-order valence-corrected chi connectivity index (χ0v) is 11.8. The van der Waals surface area contributed by atoms with E-state index in [4.69, 9.17) is 4.74 Å². The van der Waals surface area contributed by atoms with Gasteiger partial charge < -0.3 is 15.2 Å². The van der Waals surface area contributed by atoms with Gasteiger partial charge in [-0.25, -0.2) is 0 Å². The number of hydrogen-bond donors (Lipinski definition) is 2. The van der Waals surface area contributed by atoms with E-state index in [2.05, 4.69) is 17.1 Å². The quantitative estimate of drug-likeness (QED) is 0.744. The number of aliphatic hydroxyl groups excluding tert-OH is 1. The van der Waals surface area contributed by atoms with Crippen molar-refractivity contribution in [1.82, 2.24) is 10.2 Å². The Balaban J connectivity index is 1.86. The van der Waals surface area contributed by atoms with Crippen LogP contribution in [-0.2, 0) is 4.74 Å². The van der Waals surface area contributed by atoms with Crippen molar-refractivity contribution in [2.24, 2.45) is 0 Å². The second-order valence-electron chi connectivity index (χ2n) is 5.90. The standard InChI is InChI=1S/C14H28N2O2/c1-3-7-15-14(11-17)6-4-12(9-14)16-8-5-13(10-16)18-2/h12-13,15,17H,3-11H2,1-2H3. The fourth-order valence-electron chi connectivity index (χ4n) is 3.44. The molecule has 1 saturated heterocycles. The summed E-state index contributed by atoms with van der Waals surface area (Å²) >= 11 is 0. The Kier molecular flexibility index (Phi) is 5.01. The molecule has 0 aromatic heterocycles. The smallest absolute Gasteiger partial charge is 0.0710 e. The summed E-state index contributed by atoms with van der Waals surface area (Å²) in [4.78, 5) is 2.55. The number of nitrogens with zero attached hydrogens (tertiary/aromatic N) is 1. The highest BCUT2D eigenvalue weighted by atomic mass is 16.5. The van der Waals surface area contributed by atoms with Crippen molar-refractivity contribution in [3.05, 3.63) is 0 Å². The van der Waals surface area contributed by atoms with Gasteiger partial charge in [0.15, 0.2) is 0 Å². The van der Waals surface area contributed by atoms with Crippen LogP contribution in [0, 0.1) is 0 Å². The molecular formula is C14H28N2O2. The third-order valence-corrected chi connectivity index (χ3v) is 4.66. The molecule has 2 rings (SSSR count). The molecule has 2 N–H and O–H groups in total. The molecule has 1 aliphatic carbocycles. The van der Waals surface area contributed by atoms with E-state index in [0.29, 0.717) is 12.1 Å². The van der Waals surface area contributed by atoms with E-state index in [1.54, 1.807) is 0 Å². The average molecular weight is 256 g/mol. The predicted octanol–water partition coefficient (Wildman–Crippen LogP) is 0.990. The molecule has 0 bridgehead atoms. The maximum absolute atomic E-state index is 9.70. The number of aliphatic hydroxyl groups is 1. The lowest BCUT2D eigenvalue weighted by Crippen LogP contribution is -2.48. The molecule has 1 heterocycles. The molecule has 4 nitrogen and oxygen atoms in total. The Labute approximate surface area is 111 Å². The van der Waals surface area contributed by atoms with Crippen molar-refractivity contribution in [1.29, 1.82) is 0 Å². The molecule has 0 spiro atoms. The van der Waals surface area contributed by atoms with Crippen LogP contribution in [0.3, 0.4) is 0 Å². The van der Waals surface area contributed by atoms with E-state index in [1.165, 1.54) is 6.42 Å². The van der Waals surface area contributed by atoms with Gasteiger partial charge in [-0.1, -0.05) is 6.92 Å². The van der Waals surface area contributed by atoms with Gasteiger partial charge in [0, 0.05) is 31.8 Å². The maximum Gasteiger partial charge on any atom is 0.0710 e. The molecule has 4 heteroatoms. The number of likely N-dealkylation sites (tertiary alicyclic amines) is 1. The summed E-state index contributed by atoms with van der Waals surface area (Å²) in [6.07, 6.45) is 6.08. The second kappa shape index (κ2) is 6.33. The van der Waals surface area contributed by atoms with E-state index < -0.39 is 0 Å². The van der Waals surface area contributed by atoms with E-state index in [1.807, 2.05) is 7.11 Å². The van der Waals surface area contributed by atoms with Gasteiger partial charge in [-0.3, -0.25) is 4.90 Å². The Hall–Kier alpha value is -0.160. The van der Waals surface area contributed by atoms with Crippen LogP contribution in [0.25, 0.3) is 0 Å². The zero-order chi connectivity index (χ0) is 13.0. The molecule has 1 saturated carbocycles. The summed E-state index contributed by atoms with van der Waals surface area (Å²) in [6, 6.07) is 0.627. The minimum absolute atomic E-state index is 0.0220. The van der Waals surface area contributed by atoms with Crippen molar-refractivity contribution in [3.8, 4) is 0 Å². The first kappa shape index (κ1) is 14.3. The molecule has 0 aromatic carbocycles. The second-order valence-corrected chi connectivity index (χ2v) is 5.90. The lowest BCUT2D eigenvalue weighted by molar-refractivity contribution is 0.0982. The largest absolute Gasteiger partial charge is 0.394 e. The van der Waals surface area contributed by atoms with Crippen LogP contribution >= 0.6 is 0 Å². The highest BCUT2D eigenvalue weighted by Crippen LogP contribution is 2.34. The topological polar surface area (TPSA) is 44.7 Å². The highest BCUT2D eigenvalue weighted by molar-refractivity contribution is 5.00. The van der Waals surface area contributed by atoms with Crippen LogP contribution in [0.5, 0.6) is 0 Å². The molecule has 3 unspecified atom stereocenters. The maximum atomic E-state index is 9.70. The molecule has 0 amide bonds. The number of nitrogens with one attached hydrogen (secondary N) is 1. The Bertz CT molecular complexity index is 262. The van der Waals surface area contributed by atoms with Gasteiger partial charge in [0.2, 0.25) is 0 Å². The van der Waals surface area contributed by atoms with Crippen molar-refractivity contribution in [2.75, 3.05) is 33.4 Å². The summed E-state index contributed by atoms with van der Waals surface area (Å²) in [5, 5.41) is 13.3. The lowest BCUT2D eigenvalue weighted by Gasteiger charge is -2.30. The number of hydrogen-bond acceptors (Lipinski definition) is 4. The van der Waals surface area contributed by atoms with Gasteiger partial charge in [-0.15, -0.1) is 0 Å². The number of methoxy groups -OCH3 is 1.